The maximum absolute atomic E-state index is 2.54. The maximum Gasteiger partial charge on any atom is -0.000718 e. The molecule has 0 heteroatoms. The van der Waals surface area contributed by atoms with Gasteiger partial charge in [-0.25, -0.2) is 0 Å². The number of fused-ring (bicyclic) bond motifs is 13. The largest absolute Gasteiger partial charge is 0.0622 e. The van der Waals surface area contributed by atoms with Gasteiger partial charge in [0.25, 0.3) is 0 Å². The average molecular weight is 879 g/mol. The van der Waals surface area contributed by atoms with Gasteiger partial charge in [-0.05, 0) is 193 Å². The minimum atomic E-state index is 1.24. The lowest BCUT2D eigenvalue weighted by molar-refractivity contribution is 1.58. The third-order valence-corrected chi connectivity index (χ3v) is 16.4. The summed E-state index contributed by atoms with van der Waals surface area (Å²) in [5.41, 5.74) is 15.4. The Kier molecular flexibility index (Phi) is 7.03. The van der Waals surface area contributed by atoms with E-state index in [-0.39, 0.29) is 0 Å². The summed E-state index contributed by atoms with van der Waals surface area (Å²) in [5, 5.41) is 26.7. The number of hydrogen-bond acceptors (Lipinski definition) is 0. The molecule has 318 valence electrons. The molecule has 70 heavy (non-hydrogen) atoms. The summed E-state index contributed by atoms with van der Waals surface area (Å²) in [7, 11) is 0. The highest BCUT2D eigenvalue weighted by Gasteiger charge is 2.30. The highest BCUT2D eigenvalue weighted by molar-refractivity contribution is 6.49. The van der Waals surface area contributed by atoms with Crippen LogP contribution in [0.4, 0.5) is 0 Å². The normalized spacial score (nSPS) is 12.6. The van der Waals surface area contributed by atoms with Crippen molar-refractivity contribution in [3.8, 4) is 66.8 Å². The summed E-state index contributed by atoms with van der Waals surface area (Å²) in [4.78, 5) is 0. The molecule has 0 N–H and O–H groups in total. The van der Waals surface area contributed by atoms with Crippen LogP contribution in [-0.2, 0) is 0 Å². The van der Waals surface area contributed by atoms with E-state index in [4.69, 9.17) is 0 Å². The molecule has 0 aromatic heterocycles. The molecule has 1 aliphatic carbocycles. The van der Waals surface area contributed by atoms with Gasteiger partial charge in [0, 0.05) is 0 Å². The third-order valence-electron chi connectivity index (χ3n) is 16.4. The molecular weight excluding hydrogens is 841 g/mol. The quantitative estimate of drug-likeness (QED) is 0.122. The molecule has 0 atom stereocenters. The molecule has 16 aromatic carbocycles. The van der Waals surface area contributed by atoms with Crippen molar-refractivity contribution < 1.29 is 0 Å². The predicted molar refractivity (Wildman–Crippen MR) is 301 cm³/mol. The van der Waals surface area contributed by atoms with Crippen molar-refractivity contribution in [3.63, 3.8) is 0 Å². The molecule has 0 amide bonds. The molecule has 0 saturated heterocycles. The van der Waals surface area contributed by atoms with Crippen molar-refractivity contribution in [2.24, 2.45) is 0 Å². The van der Waals surface area contributed by atoms with Gasteiger partial charge >= 0.3 is 0 Å². The number of hydrogen-bond donors (Lipinski definition) is 0. The highest BCUT2D eigenvalue weighted by atomic mass is 14.3. The Morgan fingerprint density at radius 3 is 1.07 bits per heavy atom. The van der Waals surface area contributed by atoms with Crippen molar-refractivity contribution in [2.75, 3.05) is 0 Å². The van der Waals surface area contributed by atoms with Crippen LogP contribution in [-0.4, -0.2) is 0 Å². The summed E-state index contributed by atoms with van der Waals surface area (Å²) in [5.74, 6) is 0. The van der Waals surface area contributed by atoms with Gasteiger partial charge in [0.1, 0.15) is 0 Å². The summed E-state index contributed by atoms with van der Waals surface area (Å²) in [6.45, 7) is 0. The SMILES string of the molecule is c1ccc(-c2cc3c(cc2-c2ccccc2)-c2ccc4c5ccc6c7c(-c8ccccc8)c8c(cc9c%10ccccc%10c%10cccc8c%109)c(-c8ccccc8)c7c7ccc(c8ccc-3c2c84)c5c76)cc1. The molecule has 0 heterocycles. The molecule has 16 aromatic rings. The molecule has 0 bridgehead atoms. The summed E-state index contributed by atoms with van der Waals surface area (Å²) in [6, 6.07) is 87.3. The van der Waals surface area contributed by atoms with E-state index in [9.17, 15) is 0 Å². The first kappa shape index (κ1) is 37.0. The Balaban J connectivity index is 1.03. The van der Waals surface area contributed by atoms with E-state index in [1.54, 1.807) is 0 Å². The summed E-state index contributed by atoms with van der Waals surface area (Å²) >= 11 is 0. The second kappa shape index (κ2) is 13.3. The predicted octanol–water partition coefficient (Wildman–Crippen LogP) is 19.8. The monoisotopic (exact) mass is 878 g/mol. The molecule has 0 spiro atoms. The van der Waals surface area contributed by atoms with E-state index in [0.717, 1.165) is 0 Å². The van der Waals surface area contributed by atoms with Gasteiger partial charge in [-0.1, -0.05) is 212 Å². The fraction of sp³-hybridized carbons (Fsp3) is 0. The summed E-state index contributed by atoms with van der Waals surface area (Å²) in [6.07, 6.45) is 0. The lowest BCUT2D eigenvalue weighted by Gasteiger charge is -2.19. The first-order valence-electron chi connectivity index (χ1n) is 24.6. The van der Waals surface area contributed by atoms with Crippen LogP contribution < -0.4 is 0 Å². The number of rotatable bonds is 4. The second-order valence-corrected chi connectivity index (χ2v) is 19.7. The lowest BCUT2D eigenvalue weighted by Crippen LogP contribution is -1.91. The molecule has 1 aliphatic rings. The van der Waals surface area contributed by atoms with Crippen LogP contribution in [0, 0.1) is 0 Å². The zero-order valence-electron chi connectivity index (χ0n) is 37.9. The minimum Gasteiger partial charge on any atom is -0.0622 e. The Bertz CT molecular complexity index is 4750. The van der Waals surface area contributed by atoms with Crippen LogP contribution in [0.5, 0.6) is 0 Å². The summed E-state index contributed by atoms with van der Waals surface area (Å²) < 4.78 is 0. The molecule has 0 saturated carbocycles. The fourth-order valence-corrected chi connectivity index (χ4v) is 13.7. The van der Waals surface area contributed by atoms with Crippen molar-refractivity contribution in [1.82, 2.24) is 0 Å². The zero-order chi connectivity index (χ0) is 45.3. The first-order valence-corrected chi connectivity index (χ1v) is 24.6. The van der Waals surface area contributed by atoms with Crippen molar-refractivity contribution in [1.29, 1.82) is 0 Å². The van der Waals surface area contributed by atoms with Gasteiger partial charge in [0.15, 0.2) is 0 Å². The number of benzene rings is 14. The van der Waals surface area contributed by atoms with Crippen molar-refractivity contribution in [2.45, 2.75) is 0 Å². The van der Waals surface area contributed by atoms with Crippen LogP contribution in [0.3, 0.4) is 0 Å². The molecule has 0 aliphatic heterocycles. The van der Waals surface area contributed by atoms with Gasteiger partial charge in [0.05, 0.1) is 0 Å². The molecular formula is C70H38. The molecule has 0 unspecified atom stereocenters. The fourth-order valence-electron chi connectivity index (χ4n) is 13.7. The van der Waals surface area contributed by atoms with E-state index in [2.05, 4.69) is 231 Å². The van der Waals surface area contributed by atoms with Crippen LogP contribution >= 0.6 is 0 Å². The van der Waals surface area contributed by atoms with Crippen molar-refractivity contribution >= 4 is 108 Å². The Hall–Kier alpha value is -9.10. The van der Waals surface area contributed by atoms with Gasteiger partial charge < -0.3 is 0 Å². The minimum absolute atomic E-state index is 1.24. The Morgan fingerprint density at radius 2 is 0.514 bits per heavy atom. The van der Waals surface area contributed by atoms with Crippen LogP contribution in [0.15, 0.2) is 231 Å². The Morgan fingerprint density at radius 1 is 0.143 bits per heavy atom. The molecule has 17 rings (SSSR count). The van der Waals surface area contributed by atoms with Crippen LogP contribution in [0.1, 0.15) is 0 Å². The molecule has 0 radical (unpaired) electrons. The lowest BCUT2D eigenvalue weighted by atomic mass is 9.84. The third kappa shape index (κ3) is 4.57. The molecule has 0 nitrogen and oxygen atoms in total. The van der Waals surface area contributed by atoms with E-state index in [1.807, 2.05) is 0 Å². The van der Waals surface area contributed by atoms with E-state index in [0.29, 0.717) is 0 Å². The van der Waals surface area contributed by atoms with Gasteiger partial charge in [-0.15, -0.1) is 0 Å². The van der Waals surface area contributed by atoms with E-state index >= 15 is 0 Å². The van der Waals surface area contributed by atoms with Crippen molar-refractivity contribution in [3.05, 3.63) is 231 Å². The average Bonchev–Trinajstić information content (AvgIpc) is 4.06. The highest BCUT2D eigenvalue weighted by Crippen LogP contribution is 2.58. The maximum atomic E-state index is 2.54. The first-order chi connectivity index (χ1) is 34.8. The smallest absolute Gasteiger partial charge is 0.000718 e. The Labute approximate surface area is 402 Å². The van der Waals surface area contributed by atoms with E-state index in [1.165, 1.54) is 174 Å². The second-order valence-electron chi connectivity index (χ2n) is 19.7. The van der Waals surface area contributed by atoms with Crippen LogP contribution in [0.25, 0.3) is 174 Å². The van der Waals surface area contributed by atoms with Crippen LogP contribution in [0.2, 0.25) is 0 Å². The van der Waals surface area contributed by atoms with E-state index < -0.39 is 0 Å². The topological polar surface area (TPSA) is 0 Å². The van der Waals surface area contributed by atoms with Gasteiger partial charge in [-0.3, -0.25) is 0 Å². The van der Waals surface area contributed by atoms with Gasteiger partial charge in [0.2, 0.25) is 0 Å². The zero-order valence-corrected chi connectivity index (χ0v) is 37.9. The molecule has 0 fully saturated rings. The standard InChI is InChI=1S/C70H38/c1-5-16-39(17-6-1)55-36-57-50-30-28-46-48-32-34-53-67-54(35-33-49(65(48)67)47-29-31-51(66(50)64(46)47)58(57)37-56(55)40-18-7-2-8-19-40)70-62(42-22-11-4-12-23-42)68-52-27-15-26-45-43-24-13-14-25-44(43)59(63(45)52)38-60(68)61(69(53)70)41-20-9-3-10-21-41/h1-38H. The van der Waals surface area contributed by atoms with Gasteiger partial charge in [-0.2, -0.15) is 0 Å².